The number of carbonyl (C=O) groups is 1. The SMILES string of the molecule is COc1cc(S(=O)(=O)NN)cc(C(=O)O)c1OC. The number of carboxylic acids is 1. The Kier molecular flexibility index (Phi) is 4.11. The van der Waals surface area contributed by atoms with Crippen molar-refractivity contribution in [2.45, 2.75) is 4.90 Å². The van der Waals surface area contributed by atoms with Crippen molar-refractivity contribution in [2.75, 3.05) is 14.2 Å². The molecule has 0 unspecified atom stereocenters. The van der Waals surface area contributed by atoms with E-state index >= 15 is 0 Å². The fourth-order valence-electron chi connectivity index (χ4n) is 1.32. The van der Waals surface area contributed by atoms with E-state index < -0.39 is 16.0 Å². The van der Waals surface area contributed by atoms with Crippen molar-refractivity contribution in [3.63, 3.8) is 0 Å². The van der Waals surface area contributed by atoms with Crippen LogP contribution in [0.15, 0.2) is 17.0 Å². The lowest BCUT2D eigenvalue weighted by Crippen LogP contribution is -2.30. The van der Waals surface area contributed by atoms with Gasteiger partial charge in [0.05, 0.1) is 19.1 Å². The highest BCUT2D eigenvalue weighted by atomic mass is 32.2. The van der Waals surface area contributed by atoms with Gasteiger partial charge in [-0.3, -0.25) is 5.84 Å². The van der Waals surface area contributed by atoms with Crippen molar-refractivity contribution >= 4 is 16.0 Å². The first-order valence-electron chi connectivity index (χ1n) is 4.59. The molecule has 0 amide bonds. The van der Waals surface area contributed by atoms with Crippen LogP contribution in [0, 0.1) is 0 Å². The molecule has 0 saturated carbocycles. The molecule has 0 aromatic heterocycles. The van der Waals surface area contributed by atoms with E-state index in [-0.39, 0.29) is 22.0 Å². The van der Waals surface area contributed by atoms with Gasteiger partial charge in [-0.15, -0.1) is 0 Å². The van der Waals surface area contributed by atoms with Crippen LogP contribution >= 0.6 is 0 Å². The van der Waals surface area contributed by atoms with Crippen molar-refractivity contribution in [3.05, 3.63) is 17.7 Å². The van der Waals surface area contributed by atoms with Crippen LogP contribution in [0.5, 0.6) is 11.5 Å². The summed E-state index contributed by atoms with van der Waals surface area (Å²) in [6, 6.07) is 2.04. The van der Waals surface area contributed by atoms with Crippen molar-refractivity contribution in [1.29, 1.82) is 0 Å². The Morgan fingerprint density at radius 3 is 2.33 bits per heavy atom. The summed E-state index contributed by atoms with van der Waals surface area (Å²) in [5, 5.41) is 9.00. The lowest BCUT2D eigenvalue weighted by atomic mass is 10.2. The number of hydrogen-bond donors (Lipinski definition) is 3. The summed E-state index contributed by atoms with van der Waals surface area (Å²) in [5.74, 6) is 3.43. The highest BCUT2D eigenvalue weighted by molar-refractivity contribution is 7.89. The summed E-state index contributed by atoms with van der Waals surface area (Å²) in [5.41, 5.74) is -0.342. The highest BCUT2D eigenvalue weighted by Gasteiger charge is 2.22. The zero-order valence-corrected chi connectivity index (χ0v) is 10.4. The minimum atomic E-state index is -3.98. The summed E-state index contributed by atoms with van der Waals surface area (Å²) in [6.45, 7) is 0. The molecule has 0 bridgehead atoms. The number of carboxylic acid groups (broad SMARTS) is 1. The summed E-state index contributed by atoms with van der Waals surface area (Å²) in [7, 11) is -1.47. The van der Waals surface area contributed by atoms with Gasteiger partial charge in [0, 0.05) is 6.07 Å². The lowest BCUT2D eigenvalue weighted by Gasteiger charge is -2.12. The Morgan fingerprint density at radius 2 is 1.94 bits per heavy atom. The first kappa shape index (κ1) is 14.2. The second-order valence-electron chi connectivity index (χ2n) is 3.13. The van der Waals surface area contributed by atoms with Crippen LogP contribution in [0.25, 0.3) is 0 Å². The van der Waals surface area contributed by atoms with E-state index in [0.717, 1.165) is 12.1 Å². The maximum atomic E-state index is 11.5. The molecule has 0 atom stereocenters. The first-order chi connectivity index (χ1) is 8.37. The zero-order chi connectivity index (χ0) is 13.9. The van der Waals surface area contributed by atoms with E-state index in [4.69, 9.17) is 20.4 Å². The summed E-state index contributed by atoms with van der Waals surface area (Å²) < 4.78 is 32.8. The third-order valence-electron chi connectivity index (χ3n) is 2.15. The molecule has 0 aliphatic heterocycles. The van der Waals surface area contributed by atoms with Gasteiger partial charge in [0.2, 0.25) is 0 Å². The average molecular weight is 276 g/mol. The van der Waals surface area contributed by atoms with E-state index in [1.807, 2.05) is 0 Å². The second kappa shape index (κ2) is 5.21. The topological polar surface area (TPSA) is 128 Å². The molecule has 0 radical (unpaired) electrons. The molecule has 4 N–H and O–H groups in total. The van der Waals surface area contributed by atoms with Gasteiger partial charge in [0.15, 0.2) is 11.5 Å². The molecular formula is C9H12N2O6S. The molecule has 0 aliphatic carbocycles. The van der Waals surface area contributed by atoms with Crippen LogP contribution in [0.2, 0.25) is 0 Å². The van der Waals surface area contributed by atoms with E-state index in [1.54, 1.807) is 4.83 Å². The molecule has 1 aromatic rings. The van der Waals surface area contributed by atoms with E-state index in [9.17, 15) is 13.2 Å². The molecule has 8 nitrogen and oxygen atoms in total. The second-order valence-corrected chi connectivity index (χ2v) is 4.85. The minimum Gasteiger partial charge on any atom is -0.493 e. The van der Waals surface area contributed by atoms with Crippen LogP contribution in [0.3, 0.4) is 0 Å². The number of nitrogens with two attached hydrogens (primary N) is 1. The molecule has 0 aliphatic rings. The molecule has 1 rings (SSSR count). The molecule has 0 saturated heterocycles. The Bertz CT molecular complexity index is 569. The molecule has 0 heterocycles. The minimum absolute atomic E-state index is 0.0220. The van der Waals surface area contributed by atoms with Crippen LogP contribution < -0.4 is 20.1 Å². The maximum absolute atomic E-state index is 11.5. The number of nitrogens with one attached hydrogen (secondary N) is 1. The maximum Gasteiger partial charge on any atom is 0.339 e. The van der Waals surface area contributed by atoms with Gasteiger partial charge in [-0.1, -0.05) is 0 Å². The summed E-state index contributed by atoms with van der Waals surface area (Å²) >= 11 is 0. The Hall–Kier alpha value is -1.84. The number of hydrogen-bond acceptors (Lipinski definition) is 6. The third-order valence-corrected chi connectivity index (χ3v) is 3.31. The van der Waals surface area contributed by atoms with Gasteiger partial charge in [0.1, 0.15) is 5.56 Å². The third kappa shape index (κ3) is 2.53. The Morgan fingerprint density at radius 1 is 1.33 bits per heavy atom. The molecule has 18 heavy (non-hydrogen) atoms. The fraction of sp³-hybridized carbons (Fsp3) is 0.222. The molecule has 0 fully saturated rings. The van der Waals surface area contributed by atoms with Crippen molar-refractivity contribution in [1.82, 2.24) is 4.83 Å². The Labute approximate surface area is 103 Å². The Balaban J connectivity index is 3.61. The van der Waals surface area contributed by atoms with Crippen molar-refractivity contribution in [3.8, 4) is 11.5 Å². The zero-order valence-electron chi connectivity index (χ0n) is 9.63. The lowest BCUT2D eigenvalue weighted by molar-refractivity contribution is 0.0692. The normalized spacial score (nSPS) is 11.1. The summed E-state index contributed by atoms with van der Waals surface area (Å²) in [6.07, 6.45) is 0. The number of ether oxygens (including phenoxy) is 2. The van der Waals surface area contributed by atoms with Gasteiger partial charge < -0.3 is 14.6 Å². The average Bonchev–Trinajstić information content (AvgIpc) is 2.36. The smallest absolute Gasteiger partial charge is 0.339 e. The van der Waals surface area contributed by atoms with Gasteiger partial charge in [-0.2, -0.15) is 4.83 Å². The number of rotatable bonds is 5. The largest absolute Gasteiger partial charge is 0.493 e. The quantitative estimate of drug-likeness (QED) is 0.491. The van der Waals surface area contributed by atoms with E-state index in [2.05, 4.69) is 0 Å². The fourth-order valence-corrected chi connectivity index (χ4v) is 1.99. The molecule has 0 spiro atoms. The van der Waals surface area contributed by atoms with Crippen LogP contribution in [-0.4, -0.2) is 33.7 Å². The number of benzene rings is 1. The molecular weight excluding hydrogens is 264 g/mol. The standard InChI is InChI=1S/C9H12N2O6S/c1-16-7-4-5(18(14,15)11-10)3-6(9(12)13)8(7)17-2/h3-4,11H,10H2,1-2H3,(H,12,13). The molecule has 100 valence electrons. The number of hydrazine groups is 1. The van der Waals surface area contributed by atoms with Crippen LogP contribution in [0.1, 0.15) is 10.4 Å². The van der Waals surface area contributed by atoms with Crippen LogP contribution in [0.4, 0.5) is 0 Å². The van der Waals surface area contributed by atoms with Crippen molar-refractivity contribution in [2.24, 2.45) is 5.84 Å². The number of aromatic carboxylic acids is 1. The summed E-state index contributed by atoms with van der Waals surface area (Å²) in [4.78, 5) is 12.3. The monoisotopic (exact) mass is 276 g/mol. The van der Waals surface area contributed by atoms with E-state index in [1.165, 1.54) is 14.2 Å². The van der Waals surface area contributed by atoms with Gasteiger partial charge in [0.25, 0.3) is 10.0 Å². The first-order valence-corrected chi connectivity index (χ1v) is 6.07. The number of sulfonamides is 1. The number of methoxy groups -OCH3 is 2. The molecule has 1 aromatic carbocycles. The van der Waals surface area contributed by atoms with Gasteiger partial charge in [-0.05, 0) is 6.07 Å². The van der Waals surface area contributed by atoms with Crippen LogP contribution in [-0.2, 0) is 10.0 Å². The van der Waals surface area contributed by atoms with Gasteiger partial charge in [-0.25, -0.2) is 13.2 Å². The van der Waals surface area contributed by atoms with Crippen molar-refractivity contribution < 1.29 is 27.8 Å². The molecule has 9 heteroatoms. The van der Waals surface area contributed by atoms with Gasteiger partial charge >= 0.3 is 5.97 Å². The predicted molar refractivity (Wildman–Crippen MR) is 61.0 cm³/mol. The highest BCUT2D eigenvalue weighted by Crippen LogP contribution is 2.33. The van der Waals surface area contributed by atoms with E-state index in [0.29, 0.717) is 0 Å². The predicted octanol–water partition coefficient (Wildman–Crippen LogP) is -0.446.